The summed E-state index contributed by atoms with van der Waals surface area (Å²) in [6.07, 6.45) is -1.08. The van der Waals surface area contributed by atoms with Crippen molar-refractivity contribution in [1.29, 1.82) is 0 Å². The van der Waals surface area contributed by atoms with Crippen LogP contribution in [0, 0.1) is 0 Å². The Morgan fingerprint density at radius 1 is 1.38 bits per heavy atom. The largest absolute Gasteiger partial charge is 0.465 e. The average Bonchev–Trinajstić information content (AvgIpc) is 2.52. The van der Waals surface area contributed by atoms with Gasteiger partial charge in [-0.2, -0.15) is 0 Å². The fourth-order valence-corrected chi connectivity index (χ4v) is 2.33. The van der Waals surface area contributed by atoms with Crippen molar-refractivity contribution < 1.29 is 19.4 Å². The molecule has 0 aliphatic carbocycles. The summed E-state index contributed by atoms with van der Waals surface area (Å²) in [5.74, 6) is -0.278. The van der Waals surface area contributed by atoms with Crippen LogP contribution in [-0.2, 0) is 16.1 Å². The second-order valence-corrected chi connectivity index (χ2v) is 5.02. The summed E-state index contributed by atoms with van der Waals surface area (Å²) in [6, 6.07) is 9.36. The number of benzene rings is 1. The van der Waals surface area contributed by atoms with Crippen LogP contribution < -0.4 is 5.32 Å². The number of nitrogens with zero attached hydrogens (tertiary/aromatic N) is 1. The fraction of sp³-hybridized carbons (Fsp3) is 0.467. The summed E-state index contributed by atoms with van der Waals surface area (Å²) >= 11 is 0. The van der Waals surface area contributed by atoms with Crippen LogP contribution in [0.4, 0.5) is 4.79 Å². The van der Waals surface area contributed by atoms with Crippen molar-refractivity contribution in [1.82, 2.24) is 10.2 Å². The molecule has 0 spiro atoms. The number of carboxylic acid groups (broad SMARTS) is 1. The van der Waals surface area contributed by atoms with E-state index in [1.54, 1.807) is 0 Å². The zero-order valence-electron chi connectivity index (χ0n) is 12.0. The van der Waals surface area contributed by atoms with Gasteiger partial charge in [-0.1, -0.05) is 37.3 Å². The normalized spacial score (nSPS) is 21.9. The van der Waals surface area contributed by atoms with Crippen LogP contribution in [0.3, 0.4) is 0 Å². The summed E-state index contributed by atoms with van der Waals surface area (Å²) in [7, 11) is 0. The van der Waals surface area contributed by atoms with Crippen molar-refractivity contribution in [2.45, 2.75) is 32.0 Å². The molecule has 1 fully saturated rings. The molecule has 2 atom stereocenters. The number of nitrogens with one attached hydrogen (secondary N) is 1. The SMILES string of the molecule is CC[C@@H]1CO[C@H](C(=O)NCc2ccccc2)CN1C(=O)O. The van der Waals surface area contributed by atoms with Crippen molar-refractivity contribution in [3.8, 4) is 0 Å². The Morgan fingerprint density at radius 3 is 2.71 bits per heavy atom. The predicted octanol–water partition coefficient (Wildman–Crippen LogP) is 1.46. The lowest BCUT2D eigenvalue weighted by atomic mass is 10.1. The minimum atomic E-state index is -1.01. The van der Waals surface area contributed by atoms with E-state index in [1.165, 1.54) is 4.90 Å². The van der Waals surface area contributed by atoms with Crippen LogP contribution in [-0.4, -0.2) is 47.3 Å². The van der Waals surface area contributed by atoms with E-state index >= 15 is 0 Å². The van der Waals surface area contributed by atoms with Gasteiger partial charge in [-0.25, -0.2) is 4.79 Å². The van der Waals surface area contributed by atoms with Crippen LogP contribution in [0.15, 0.2) is 30.3 Å². The monoisotopic (exact) mass is 292 g/mol. The van der Waals surface area contributed by atoms with Gasteiger partial charge in [-0.15, -0.1) is 0 Å². The highest BCUT2D eigenvalue weighted by molar-refractivity contribution is 5.82. The molecule has 0 saturated carbocycles. The number of hydrogen-bond acceptors (Lipinski definition) is 3. The summed E-state index contributed by atoms with van der Waals surface area (Å²) in [6.45, 7) is 2.64. The van der Waals surface area contributed by atoms with Gasteiger partial charge in [0.2, 0.25) is 0 Å². The minimum absolute atomic E-state index is 0.0778. The zero-order valence-corrected chi connectivity index (χ0v) is 12.0. The molecule has 0 aromatic heterocycles. The Hall–Kier alpha value is -2.08. The van der Waals surface area contributed by atoms with Crippen LogP contribution in [0.25, 0.3) is 0 Å². The van der Waals surface area contributed by atoms with E-state index in [9.17, 15) is 14.7 Å². The van der Waals surface area contributed by atoms with Gasteiger partial charge in [0.15, 0.2) is 6.10 Å². The van der Waals surface area contributed by atoms with Crippen molar-refractivity contribution in [3.05, 3.63) is 35.9 Å². The topological polar surface area (TPSA) is 78.9 Å². The predicted molar refractivity (Wildman–Crippen MR) is 76.8 cm³/mol. The molecular weight excluding hydrogens is 272 g/mol. The van der Waals surface area contributed by atoms with E-state index < -0.39 is 12.2 Å². The van der Waals surface area contributed by atoms with Crippen molar-refractivity contribution in [2.75, 3.05) is 13.2 Å². The number of hydrogen-bond donors (Lipinski definition) is 2. The molecule has 1 heterocycles. The Labute approximate surface area is 123 Å². The molecule has 0 bridgehead atoms. The van der Waals surface area contributed by atoms with Gasteiger partial charge in [-0.3, -0.25) is 9.69 Å². The van der Waals surface area contributed by atoms with Gasteiger partial charge in [0.1, 0.15) is 0 Å². The number of rotatable bonds is 4. The molecule has 1 aromatic rings. The van der Waals surface area contributed by atoms with Crippen molar-refractivity contribution >= 4 is 12.0 Å². The van der Waals surface area contributed by atoms with E-state index in [1.807, 2.05) is 37.3 Å². The third-order valence-electron chi connectivity index (χ3n) is 3.61. The Bertz CT molecular complexity index is 492. The number of ether oxygens (including phenoxy) is 1. The maximum absolute atomic E-state index is 12.1. The van der Waals surface area contributed by atoms with Crippen LogP contribution in [0.5, 0.6) is 0 Å². The lowest BCUT2D eigenvalue weighted by Crippen LogP contribution is -2.55. The summed E-state index contributed by atoms with van der Waals surface area (Å²) < 4.78 is 5.50. The molecule has 6 nitrogen and oxygen atoms in total. The molecule has 0 radical (unpaired) electrons. The first kappa shape index (κ1) is 15.3. The molecule has 1 aromatic carbocycles. The highest BCUT2D eigenvalue weighted by atomic mass is 16.5. The van der Waals surface area contributed by atoms with E-state index in [0.29, 0.717) is 13.0 Å². The Morgan fingerprint density at radius 2 is 2.10 bits per heavy atom. The molecule has 1 saturated heterocycles. The maximum Gasteiger partial charge on any atom is 0.407 e. The molecule has 21 heavy (non-hydrogen) atoms. The summed E-state index contributed by atoms with van der Waals surface area (Å²) in [5.41, 5.74) is 0.989. The van der Waals surface area contributed by atoms with Crippen LogP contribution in [0.2, 0.25) is 0 Å². The second kappa shape index (κ2) is 7.08. The number of carbonyl (C=O) groups is 2. The quantitative estimate of drug-likeness (QED) is 0.880. The molecule has 2 N–H and O–H groups in total. The fourth-order valence-electron chi connectivity index (χ4n) is 2.33. The molecule has 6 heteroatoms. The van der Waals surface area contributed by atoms with Crippen LogP contribution >= 0.6 is 0 Å². The summed E-state index contributed by atoms with van der Waals surface area (Å²) in [5, 5.41) is 12.0. The van der Waals surface area contributed by atoms with Gasteiger partial charge >= 0.3 is 6.09 Å². The van der Waals surface area contributed by atoms with Crippen molar-refractivity contribution in [2.24, 2.45) is 0 Å². The molecule has 2 amide bonds. The summed E-state index contributed by atoms with van der Waals surface area (Å²) in [4.78, 5) is 24.6. The van der Waals surface area contributed by atoms with E-state index in [-0.39, 0.29) is 25.1 Å². The molecule has 114 valence electrons. The third-order valence-corrected chi connectivity index (χ3v) is 3.61. The first-order valence-electron chi connectivity index (χ1n) is 7.04. The van der Waals surface area contributed by atoms with Gasteiger partial charge in [-0.05, 0) is 12.0 Å². The molecule has 0 unspecified atom stereocenters. The number of amides is 2. The minimum Gasteiger partial charge on any atom is -0.465 e. The van der Waals surface area contributed by atoms with E-state index in [0.717, 1.165) is 5.56 Å². The highest BCUT2D eigenvalue weighted by Gasteiger charge is 2.34. The molecule has 1 aliphatic rings. The van der Waals surface area contributed by atoms with E-state index in [2.05, 4.69) is 5.32 Å². The average molecular weight is 292 g/mol. The molecule has 2 rings (SSSR count). The third kappa shape index (κ3) is 3.95. The van der Waals surface area contributed by atoms with Gasteiger partial charge in [0.05, 0.1) is 19.2 Å². The molecular formula is C15H20N2O4. The molecule has 1 aliphatic heterocycles. The first-order chi connectivity index (χ1) is 10.1. The maximum atomic E-state index is 12.1. The lowest BCUT2D eigenvalue weighted by Gasteiger charge is -2.36. The van der Waals surface area contributed by atoms with Gasteiger partial charge in [0.25, 0.3) is 5.91 Å². The van der Waals surface area contributed by atoms with Crippen molar-refractivity contribution in [3.63, 3.8) is 0 Å². The van der Waals surface area contributed by atoms with E-state index in [4.69, 9.17) is 4.74 Å². The first-order valence-corrected chi connectivity index (χ1v) is 7.04. The lowest BCUT2D eigenvalue weighted by molar-refractivity contribution is -0.140. The standard InChI is InChI=1S/C15H20N2O4/c1-2-12-10-21-13(9-17(12)15(19)20)14(18)16-8-11-6-4-3-5-7-11/h3-7,12-13H,2,8-10H2,1H3,(H,16,18)(H,19,20)/t12-,13+/m1/s1. The Balaban J connectivity index is 1.89. The Kier molecular flexibility index (Phi) is 5.16. The van der Waals surface area contributed by atoms with Gasteiger partial charge in [0, 0.05) is 6.54 Å². The number of carbonyl (C=O) groups excluding carboxylic acids is 1. The smallest absolute Gasteiger partial charge is 0.407 e. The number of morpholine rings is 1. The second-order valence-electron chi connectivity index (χ2n) is 5.02. The van der Waals surface area contributed by atoms with Gasteiger partial charge < -0.3 is 15.2 Å². The highest BCUT2D eigenvalue weighted by Crippen LogP contribution is 2.15. The van der Waals surface area contributed by atoms with Crippen LogP contribution in [0.1, 0.15) is 18.9 Å². The zero-order chi connectivity index (χ0) is 15.2.